The van der Waals surface area contributed by atoms with Crippen LogP contribution in [0.25, 0.3) is 0 Å². The Hall–Kier alpha value is -0.120. The minimum Gasteiger partial charge on any atom is -0.381 e. The molecule has 0 aromatic carbocycles. The fourth-order valence-electron chi connectivity index (χ4n) is 3.14. The number of nitrogens with zero attached hydrogens (tertiary/aromatic N) is 1. The molecule has 94 valence electrons. The van der Waals surface area contributed by atoms with E-state index in [-0.39, 0.29) is 0 Å². The number of hydrogen-bond acceptors (Lipinski definition) is 3. The van der Waals surface area contributed by atoms with Gasteiger partial charge in [0.25, 0.3) is 0 Å². The van der Waals surface area contributed by atoms with Crippen molar-refractivity contribution in [2.24, 2.45) is 0 Å². The Balaban J connectivity index is 1.76. The molecular formula is C13H26N2O. The smallest absolute Gasteiger partial charge is 0.0586 e. The molecule has 2 rings (SSSR count). The molecule has 2 aliphatic rings. The van der Waals surface area contributed by atoms with Gasteiger partial charge in [0.15, 0.2) is 0 Å². The summed E-state index contributed by atoms with van der Waals surface area (Å²) in [5, 5.41) is 3.58. The average Bonchev–Trinajstić information content (AvgIpc) is 2.82. The van der Waals surface area contributed by atoms with Crippen LogP contribution in [0.2, 0.25) is 0 Å². The fourth-order valence-corrected chi connectivity index (χ4v) is 3.14. The van der Waals surface area contributed by atoms with Crippen molar-refractivity contribution in [3.05, 3.63) is 0 Å². The molecule has 1 saturated heterocycles. The summed E-state index contributed by atoms with van der Waals surface area (Å²) in [6, 6.07) is 1.47. The number of ether oxygens (including phenoxy) is 1. The number of methoxy groups -OCH3 is 1. The molecule has 0 spiro atoms. The van der Waals surface area contributed by atoms with Crippen LogP contribution in [0.4, 0.5) is 0 Å². The lowest BCUT2D eigenvalue weighted by molar-refractivity contribution is 0.0330. The first kappa shape index (κ1) is 12.3. The summed E-state index contributed by atoms with van der Waals surface area (Å²) in [6.07, 6.45) is 8.35. The van der Waals surface area contributed by atoms with E-state index >= 15 is 0 Å². The second kappa shape index (κ2) is 5.99. The zero-order valence-corrected chi connectivity index (χ0v) is 10.7. The minimum absolute atomic E-state index is 0.498. The Labute approximate surface area is 99.5 Å². The van der Waals surface area contributed by atoms with E-state index in [4.69, 9.17) is 4.74 Å². The monoisotopic (exact) mass is 226 g/mol. The lowest BCUT2D eigenvalue weighted by Gasteiger charge is -2.36. The lowest BCUT2D eigenvalue weighted by atomic mass is 9.91. The zero-order valence-electron chi connectivity index (χ0n) is 10.7. The standard InChI is InChI=1S/C13H26N2O/c1-15(10-11-5-4-8-14-11)12-6-3-7-13(9-12)16-2/h11-14H,3-10H2,1-2H3. The first-order chi connectivity index (χ1) is 7.79. The third-order valence-corrected chi connectivity index (χ3v) is 4.23. The molecule has 1 saturated carbocycles. The van der Waals surface area contributed by atoms with Crippen molar-refractivity contribution >= 4 is 0 Å². The van der Waals surface area contributed by atoms with Crippen LogP contribution in [-0.2, 0) is 4.74 Å². The van der Waals surface area contributed by atoms with Crippen LogP contribution in [0, 0.1) is 0 Å². The lowest BCUT2D eigenvalue weighted by Crippen LogP contribution is -2.44. The molecule has 16 heavy (non-hydrogen) atoms. The summed E-state index contributed by atoms with van der Waals surface area (Å²) >= 11 is 0. The van der Waals surface area contributed by atoms with Crippen molar-refractivity contribution < 1.29 is 4.74 Å². The van der Waals surface area contributed by atoms with Gasteiger partial charge in [-0.2, -0.15) is 0 Å². The van der Waals surface area contributed by atoms with Gasteiger partial charge in [-0.1, -0.05) is 0 Å². The highest BCUT2D eigenvalue weighted by molar-refractivity contribution is 4.83. The van der Waals surface area contributed by atoms with E-state index in [1.54, 1.807) is 0 Å². The Bertz CT molecular complexity index is 204. The van der Waals surface area contributed by atoms with Crippen molar-refractivity contribution in [1.29, 1.82) is 0 Å². The van der Waals surface area contributed by atoms with E-state index in [9.17, 15) is 0 Å². The maximum atomic E-state index is 5.50. The highest BCUT2D eigenvalue weighted by Crippen LogP contribution is 2.24. The Kier molecular flexibility index (Phi) is 4.62. The predicted molar refractivity (Wildman–Crippen MR) is 66.7 cm³/mol. The van der Waals surface area contributed by atoms with Gasteiger partial charge < -0.3 is 15.0 Å². The van der Waals surface area contributed by atoms with Crippen LogP contribution < -0.4 is 5.32 Å². The average molecular weight is 226 g/mol. The summed E-state index contributed by atoms with van der Waals surface area (Å²) in [4.78, 5) is 2.55. The highest BCUT2D eigenvalue weighted by atomic mass is 16.5. The highest BCUT2D eigenvalue weighted by Gasteiger charge is 2.26. The second-order valence-corrected chi connectivity index (χ2v) is 5.41. The molecule has 3 nitrogen and oxygen atoms in total. The van der Waals surface area contributed by atoms with E-state index in [1.807, 2.05) is 7.11 Å². The van der Waals surface area contributed by atoms with Crippen molar-refractivity contribution in [3.8, 4) is 0 Å². The summed E-state index contributed by atoms with van der Waals surface area (Å²) in [5.41, 5.74) is 0. The van der Waals surface area contributed by atoms with Crippen molar-refractivity contribution in [2.75, 3.05) is 27.2 Å². The van der Waals surface area contributed by atoms with Crippen molar-refractivity contribution in [3.63, 3.8) is 0 Å². The summed E-state index contributed by atoms with van der Waals surface area (Å²) in [7, 11) is 4.13. The van der Waals surface area contributed by atoms with Gasteiger partial charge in [0, 0.05) is 25.7 Å². The molecule has 3 atom stereocenters. The molecule has 1 aliphatic heterocycles. The first-order valence-corrected chi connectivity index (χ1v) is 6.76. The number of likely N-dealkylation sites (N-methyl/N-ethyl adjacent to an activating group) is 1. The minimum atomic E-state index is 0.498. The maximum Gasteiger partial charge on any atom is 0.0586 e. The van der Waals surface area contributed by atoms with Gasteiger partial charge in [-0.3, -0.25) is 0 Å². The van der Waals surface area contributed by atoms with Crippen LogP contribution in [0.15, 0.2) is 0 Å². The fraction of sp³-hybridized carbons (Fsp3) is 1.00. The van der Waals surface area contributed by atoms with E-state index in [0.29, 0.717) is 6.10 Å². The van der Waals surface area contributed by atoms with Crippen molar-refractivity contribution in [1.82, 2.24) is 10.2 Å². The SMILES string of the molecule is COC1CCCC(N(C)CC2CCCN2)C1. The third kappa shape index (κ3) is 3.19. The van der Waals surface area contributed by atoms with E-state index in [2.05, 4.69) is 17.3 Å². The van der Waals surface area contributed by atoms with Gasteiger partial charge in [-0.25, -0.2) is 0 Å². The van der Waals surface area contributed by atoms with E-state index < -0.39 is 0 Å². The van der Waals surface area contributed by atoms with Gasteiger partial charge in [0.05, 0.1) is 6.10 Å². The summed E-state index contributed by atoms with van der Waals surface area (Å²) in [5.74, 6) is 0. The van der Waals surface area contributed by atoms with Crippen LogP contribution in [0.3, 0.4) is 0 Å². The molecule has 0 radical (unpaired) electrons. The first-order valence-electron chi connectivity index (χ1n) is 6.76. The van der Waals surface area contributed by atoms with Gasteiger partial charge in [-0.15, -0.1) is 0 Å². The Morgan fingerprint density at radius 3 is 2.81 bits per heavy atom. The molecule has 0 amide bonds. The number of nitrogens with one attached hydrogen (secondary N) is 1. The van der Waals surface area contributed by atoms with Crippen molar-refractivity contribution in [2.45, 2.75) is 56.7 Å². The molecule has 3 unspecified atom stereocenters. The van der Waals surface area contributed by atoms with Crippen LogP contribution >= 0.6 is 0 Å². The normalized spacial score (nSPS) is 35.8. The van der Waals surface area contributed by atoms with Gasteiger partial charge in [0.2, 0.25) is 0 Å². The molecule has 0 bridgehead atoms. The van der Waals surface area contributed by atoms with Crippen LogP contribution in [0.1, 0.15) is 38.5 Å². The number of rotatable bonds is 4. The zero-order chi connectivity index (χ0) is 11.4. The van der Waals surface area contributed by atoms with Gasteiger partial charge >= 0.3 is 0 Å². The Morgan fingerprint density at radius 1 is 1.25 bits per heavy atom. The summed E-state index contributed by atoms with van der Waals surface area (Å²) in [6.45, 7) is 2.42. The molecular weight excluding hydrogens is 200 g/mol. The second-order valence-electron chi connectivity index (χ2n) is 5.41. The predicted octanol–water partition coefficient (Wildman–Crippen LogP) is 1.63. The largest absolute Gasteiger partial charge is 0.381 e. The van der Waals surface area contributed by atoms with Gasteiger partial charge in [0.1, 0.15) is 0 Å². The van der Waals surface area contributed by atoms with Gasteiger partial charge in [-0.05, 0) is 52.1 Å². The molecule has 0 aromatic rings. The van der Waals surface area contributed by atoms with E-state index in [1.165, 1.54) is 51.6 Å². The Morgan fingerprint density at radius 2 is 2.12 bits per heavy atom. The molecule has 3 heteroatoms. The number of hydrogen-bond donors (Lipinski definition) is 1. The van der Waals surface area contributed by atoms with Crippen LogP contribution in [-0.4, -0.2) is 50.3 Å². The molecule has 2 fully saturated rings. The maximum absolute atomic E-state index is 5.50. The molecule has 0 aromatic heterocycles. The quantitative estimate of drug-likeness (QED) is 0.788. The summed E-state index contributed by atoms with van der Waals surface area (Å²) < 4.78 is 5.50. The third-order valence-electron chi connectivity index (χ3n) is 4.23. The van der Waals surface area contributed by atoms with Crippen LogP contribution in [0.5, 0.6) is 0 Å². The molecule has 1 N–H and O–H groups in total. The molecule has 1 aliphatic carbocycles. The molecule has 1 heterocycles. The van der Waals surface area contributed by atoms with E-state index in [0.717, 1.165) is 12.1 Å². The topological polar surface area (TPSA) is 24.5 Å².